The fourth-order valence-corrected chi connectivity index (χ4v) is 3.58. The molecule has 2 aromatic rings. The fraction of sp³-hybridized carbons (Fsp3) is 0.625. The highest BCUT2D eigenvalue weighted by atomic mass is 32.2. The molecule has 0 aromatic carbocycles. The van der Waals surface area contributed by atoms with Crippen LogP contribution in [0.5, 0.6) is 0 Å². The quantitative estimate of drug-likeness (QED) is 0.572. The molecule has 0 radical (unpaired) electrons. The highest BCUT2D eigenvalue weighted by molar-refractivity contribution is 7.99. The Hall–Kier alpha value is -1.47. The van der Waals surface area contributed by atoms with E-state index in [-0.39, 0.29) is 0 Å². The Morgan fingerprint density at radius 1 is 1.35 bits per heavy atom. The molecule has 0 amide bonds. The molecule has 1 saturated heterocycles. The Labute approximate surface area is 141 Å². The minimum Gasteiger partial charge on any atom is -0.467 e. The average Bonchev–Trinajstić information content (AvgIpc) is 3.20. The summed E-state index contributed by atoms with van der Waals surface area (Å²) in [6.07, 6.45) is 4.12. The van der Waals surface area contributed by atoms with Crippen molar-refractivity contribution < 1.29 is 9.15 Å². The van der Waals surface area contributed by atoms with Crippen LogP contribution in [0.15, 0.2) is 28.0 Å². The van der Waals surface area contributed by atoms with Gasteiger partial charge in [-0.3, -0.25) is 4.57 Å². The molecule has 3 heterocycles. The molecule has 23 heavy (non-hydrogen) atoms. The van der Waals surface area contributed by atoms with Crippen molar-refractivity contribution in [3.8, 4) is 0 Å². The molecule has 1 fully saturated rings. The Morgan fingerprint density at radius 2 is 2.17 bits per heavy atom. The SMILES string of the molecule is COCCSc1nnc(N2CCC(C)CC2)n1Cc1ccco1. The molecular weight excluding hydrogens is 312 g/mol. The molecule has 0 bridgehead atoms. The molecular formula is C16H24N4O2S. The molecule has 126 valence electrons. The van der Waals surface area contributed by atoms with E-state index in [4.69, 9.17) is 9.15 Å². The van der Waals surface area contributed by atoms with Crippen molar-refractivity contribution in [2.75, 3.05) is 37.5 Å². The number of nitrogens with zero attached hydrogens (tertiary/aromatic N) is 4. The number of thioether (sulfide) groups is 1. The van der Waals surface area contributed by atoms with E-state index in [0.29, 0.717) is 13.2 Å². The Morgan fingerprint density at radius 3 is 2.87 bits per heavy atom. The second kappa shape index (κ2) is 7.88. The molecule has 0 unspecified atom stereocenters. The third-order valence-electron chi connectivity index (χ3n) is 4.18. The summed E-state index contributed by atoms with van der Waals surface area (Å²) in [6, 6.07) is 3.91. The number of piperidine rings is 1. The number of aromatic nitrogens is 3. The number of hydrogen-bond acceptors (Lipinski definition) is 6. The predicted molar refractivity (Wildman–Crippen MR) is 91.0 cm³/mol. The fourth-order valence-electron chi connectivity index (χ4n) is 2.74. The van der Waals surface area contributed by atoms with Gasteiger partial charge in [0.2, 0.25) is 5.95 Å². The van der Waals surface area contributed by atoms with E-state index in [1.54, 1.807) is 25.1 Å². The van der Waals surface area contributed by atoms with Crippen molar-refractivity contribution >= 4 is 17.7 Å². The zero-order valence-corrected chi connectivity index (χ0v) is 14.6. The zero-order valence-electron chi connectivity index (χ0n) is 13.8. The molecule has 1 aliphatic heterocycles. The smallest absolute Gasteiger partial charge is 0.228 e. The van der Waals surface area contributed by atoms with Crippen molar-refractivity contribution in [1.29, 1.82) is 0 Å². The number of furan rings is 1. The van der Waals surface area contributed by atoms with Gasteiger partial charge in [0.05, 0.1) is 19.4 Å². The predicted octanol–water partition coefficient (Wildman–Crippen LogP) is 2.89. The summed E-state index contributed by atoms with van der Waals surface area (Å²) in [6.45, 7) is 5.77. The third kappa shape index (κ3) is 4.09. The molecule has 6 nitrogen and oxygen atoms in total. The normalized spacial score (nSPS) is 16.2. The lowest BCUT2D eigenvalue weighted by atomic mass is 10.00. The molecule has 2 aromatic heterocycles. The van der Waals surface area contributed by atoms with E-state index in [1.165, 1.54) is 12.8 Å². The van der Waals surface area contributed by atoms with Gasteiger partial charge in [-0.25, -0.2) is 0 Å². The van der Waals surface area contributed by atoms with E-state index < -0.39 is 0 Å². The lowest BCUT2D eigenvalue weighted by Gasteiger charge is -2.31. The van der Waals surface area contributed by atoms with Crippen LogP contribution in [0.1, 0.15) is 25.5 Å². The lowest BCUT2D eigenvalue weighted by Crippen LogP contribution is -2.35. The second-order valence-electron chi connectivity index (χ2n) is 5.96. The monoisotopic (exact) mass is 336 g/mol. The van der Waals surface area contributed by atoms with Crippen LogP contribution in [0.2, 0.25) is 0 Å². The van der Waals surface area contributed by atoms with Crippen LogP contribution in [-0.2, 0) is 11.3 Å². The number of hydrogen-bond donors (Lipinski definition) is 0. The zero-order chi connectivity index (χ0) is 16.1. The summed E-state index contributed by atoms with van der Waals surface area (Å²) in [5.74, 6) is 3.53. The van der Waals surface area contributed by atoms with Crippen LogP contribution in [0.3, 0.4) is 0 Å². The maximum absolute atomic E-state index is 5.52. The van der Waals surface area contributed by atoms with Gasteiger partial charge in [0, 0.05) is 26.0 Å². The van der Waals surface area contributed by atoms with E-state index >= 15 is 0 Å². The van der Waals surface area contributed by atoms with Crippen LogP contribution in [-0.4, -0.2) is 47.3 Å². The van der Waals surface area contributed by atoms with Crippen molar-refractivity contribution in [3.63, 3.8) is 0 Å². The number of methoxy groups -OCH3 is 1. The van der Waals surface area contributed by atoms with Gasteiger partial charge >= 0.3 is 0 Å². The average molecular weight is 336 g/mol. The van der Waals surface area contributed by atoms with Gasteiger partial charge < -0.3 is 14.1 Å². The molecule has 3 rings (SSSR count). The summed E-state index contributed by atoms with van der Waals surface area (Å²) < 4.78 is 12.8. The molecule has 0 atom stereocenters. The highest BCUT2D eigenvalue weighted by Gasteiger charge is 2.23. The van der Waals surface area contributed by atoms with Gasteiger partial charge in [0.25, 0.3) is 0 Å². The van der Waals surface area contributed by atoms with Crippen molar-refractivity contribution in [2.45, 2.75) is 31.5 Å². The van der Waals surface area contributed by atoms with Crippen LogP contribution >= 0.6 is 11.8 Å². The summed E-state index contributed by atoms with van der Waals surface area (Å²) in [4.78, 5) is 2.34. The summed E-state index contributed by atoms with van der Waals surface area (Å²) in [5.41, 5.74) is 0. The number of ether oxygens (including phenoxy) is 1. The summed E-state index contributed by atoms with van der Waals surface area (Å²) in [5, 5.41) is 9.78. The molecule has 1 aliphatic rings. The van der Waals surface area contributed by atoms with Crippen LogP contribution < -0.4 is 4.90 Å². The van der Waals surface area contributed by atoms with Gasteiger partial charge in [-0.1, -0.05) is 18.7 Å². The standard InChI is InChI=1S/C16H24N4O2S/c1-13-5-7-19(8-6-13)15-17-18-16(23-11-10-21-2)20(15)12-14-4-3-9-22-14/h3-4,9,13H,5-8,10-12H2,1-2H3. The highest BCUT2D eigenvalue weighted by Crippen LogP contribution is 2.26. The Bertz CT molecular complexity index is 591. The van der Waals surface area contributed by atoms with E-state index in [0.717, 1.165) is 41.6 Å². The van der Waals surface area contributed by atoms with Crippen molar-refractivity contribution in [1.82, 2.24) is 14.8 Å². The topological polar surface area (TPSA) is 56.3 Å². The van der Waals surface area contributed by atoms with Crippen LogP contribution in [0.4, 0.5) is 5.95 Å². The summed E-state index contributed by atoms with van der Waals surface area (Å²) >= 11 is 1.67. The molecule has 0 spiro atoms. The minimum absolute atomic E-state index is 0.663. The first kappa shape index (κ1) is 16.4. The summed E-state index contributed by atoms with van der Waals surface area (Å²) in [7, 11) is 1.72. The molecule has 0 N–H and O–H groups in total. The molecule has 0 saturated carbocycles. The van der Waals surface area contributed by atoms with Crippen LogP contribution in [0, 0.1) is 5.92 Å². The maximum atomic E-state index is 5.52. The molecule has 7 heteroatoms. The largest absolute Gasteiger partial charge is 0.467 e. The van der Waals surface area contributed by atoms with E-state index in [1.807, 2.05) is 12.1 Å². The van der Waals surface area contributed by atoms with Gasteiger partial charge in [0.15, 0.2) is 5.16 Å². The van der Waals surface area contributed by atoms with Gasteiger partial charge in [-0.2, -0.15) is 0 Å². The van der Waals surface area contributed by atoms with Gasteiger partial charge in [-0.05, 0) is 30.9 Å². The minimum atomic E-state index is 0.663. The Kier molecular flexibility index (Phi) is 5.61. The second-order valence-corrected chi connectivity index (χ2v) is 7.02. The lowest BCUT2D eigenvalue weighted by molar-refractivity contribution is 0.218. The third-order valence-corrected chi connectivity index (χ3v) is 5.11. The Balaban J connectivity index is 1.79. The maximum Gasteiger partial charge on any atom is 0.228 e. The van der Waals surface area contributed by atoms with Crippen LogP contribution in [0.25, 0.3) is 0 Å². The first-order valence-electron chi connectivity index (χ1n) is 8.10. The number of rotatable bonds is 7. The molecule has 0 aliphatic carbocycles. The van der Waals surface area contributed by atoms with Gasteiger partial charge in [-0.15, -0.1) is 10.2 Å². The van der Waals surface area contributed by atoms with Crippen molar-refractivity contribution in [2.24, 2.45) is 5.92 Å². The first-order chi connectivity index (χ1) is 11.3. The first-order valence-corrected chi connectivity index (χ1v) is 9.08. The van der Waals surface area contributed by atoms with Crippen molar-refractivity contribution in [3.05, 3.63) is 24.2 Å². The number of anilines is 1. The van der Waals surface area contributed by atoms with E-state index in [9.17, 15) is 0 Å². The van der Waals surface area contributed by atoms with E-state index in [2.05, 4.69) is 26.6 Å². The van der Waals surface area contributed by atoms with Gasteiger partial charge in [0.1, 0.15) is 5.76 Å².